The average molecular weight is 579 g/mol. The molecule has 1 aliphatic heterocycles. The van der Waals surface area contributed by atoms with Crippen LogP contribution < -0.4 is 10.6 Å². The molecular weight excluding hydrogens is 540 g/mol. The lowest BCUT2D eigenvalue weighted by molar-refractivity contribution is -0.131. The number of hydrogen-bond acceptors (Lipinski definition) is 8. The lowest BCUT2D eigenvalue weighted by Gasteiger charge is -2.28. The maximum Gasteiger partial charge on any atom is 0.262 e. The van der Waals surface area contributed by atoms with E-state index in [1.807, 2.05) is 0 Å². The first-order valence-corrected chi connectivity index (χ1v) is 15.6. The standard InChI is InChI=1S/C27H38N4O6S2/c1-4-38-25(19(2)37-3)27(34)30-22(17-20-11-6-5-7-12-20)26(33)29-21-13-10-16-31(18-23(21)32)39(35,36)24-14-8-9-15-28-24/h4,8-9,14-15,20-22H,1,5-7,10-13,16-18H2,2-3H3,(H,29,33)(H,30,34)/b25-19+/t21?,22-/m0/s1. The van der Waals surface area contributed by atoms with E-state index in [0.717, 1.165) is 48.2 Å². The maximum atomic E-state index is 13.5. The van der Waals surface area contributed by atoms with Crippen LogP contribution in [0.25, 0.3) is 0 Å². The third-order valence-electron chi connectivity index (χ3n) is 7.13. The van der Waals surface area contributed by atoms with Crippen LogP contribution in [0, 0.1) is 5.92 Å². The highest BCUT2D eigenvalue weighted by Gasteiger charge is 2.35. The molecule has 2 N–H and O–H groups in total. The summed E-state index contributed by atoms with van der Waals surface area (Å²) >= 11 is 1.11. The Balaban J connectivity index is 1.74. The molecule has 2 fully saturated rings. The van der Waals surface area contributed by atoms with Gasteiger partial charge in [-0.15, -0.1) is 0 Å². The number of nitrogens with zero attached hydrogens (tertiary/aromatic N) is 2. The molecule has 3 rings (SSSR count). The van der Waals surface area contributed by atoms with E-state index in [2.05, 4.69) is 22.2 Å². The fourth-order valence-corrected chi connectivity index (χ4v) is 6.90. The fraction of sp³-hybridized carbons (Fsp3) is 0.556. The van der Waals surface area contributed by atoms with Crippen LogP contribution in [-0.2, 0) is 29.1 Å². The summed E-state index contributed by atoms with van der Waals surface area (Å²) in [6.45, 7) is 5.11. The third kappa shape index (κ3) is 8.39. The number of ether oxygens (including phenoxy) is 1. The molecule has 2 amide bonds. The number of methoxy groups -OCH3 is 1. The van der Waals surface area contributed by atoms with E-state index in [-0.39, 0.29) is 24.0 Å². The number of hydrogen-bond donors (Lipinski definition) is 2. The minimum atomic E-state index is -3.94. The number of carbonyl (C=O) groups excluding carboxylic acids is 3. The van der Waals surface area contributed by atoms with Gasteiger partial charge in [0.1, 0.15) is 16.7 Å². The highest BCUT2D eigenvalue weighted by atomic mass is 32.2. The van der Waals surface area contributed by atoms with Crippen molar-refractivity contribution in [3.05, 3.63) is 47.0 Å². The normalized spacial score (nSPS) is 20.8. The summed E-state index contributed by atoms with van der Waals surface area (Å²) in [7, 11) is -2.48. The summed E-state index contributed by atoms with van der Waals surface area (Å²) in [5.74, 6) is -0.619. The Morgan fingerprint density at radius 3 is 2.62 bits per heavy atom. The fourth-order valence-electron chi connectivity index (χ4n) is 4.94. The van der Waals surface area contributed by atoms with Crippen molar-refractivity contribution in [2.24, 2.45) is 5.92 Å². The quantitative estimate of drug-likeness (QED) is 0.302. The van der Waals surface area contributed by atoms with Crippen molar-refractivity contribution in [3.8, 4) is 0 Å². The van der Waals surface area contributed by atoms with Gasteiger partial charge < -0.3 is 15.4 Å². The molecule has 1 saturated carbocycles. The van der Waals surface area contributed by atoms with E-state index in [9.17, 15) is 22.8 Å². The van der Waals surface area contributed by atoms with Crippen LogP contribution in [0.2, 0.25) is 0 Å². The first kappa shape index (κ1) is 30.8. The van der Waals surface area contributed by atoms with Crippen LogP contribution in [0.5, 0.6) is 0 Å². The van der Waals surface area contributed by atoms with E-state index >= 15 is 0 Å². The predicted octanol–water partition coefficient (Wildman–Crippen LogP) is 3.13. The minimum absolute atomic E-state index is 0.122. The molecule has 1 aromatic heterocycles. The molecule has 39 heavy (non-hydrogen) atoms. The summed E-state index contributed by atoms with van der Waals surface area (Å²) in [5.41, 5.74) is 0. The Labute approximate surface area is 235 Å². The Hall–Kier alpha value is -2.70. The van der Waals surface area contributed by atoms with Crippen LogP contribution >= 0.6 is 11.8 Å². The second-order valence-corrected chi connectivity index (χ2v) is 12.7. The number of rotatable bonds is 11. The molecule has 1 unspecified atom stereocenters. The van der Waals surface area contributed by atoms with Gasteiger partial charge in [-0.05, 0) is 49.6 Å². The second kappa shape index (κ2) is 14.6. The number of allylic oxidation sites excluding steroid dienone is 1. The lowest BCUT2D eigenvalue weighted by Crippen LogP contribution is -2.53. The molecule has 0 aromatic carbocycles. The van der Waals surface area contributed by atoms with Gasteiger partial charge in [0.15, 0.2) is 10.8 Å². The van der Waals surface area contributed by atoms with Gasteiger partial charge in [-0.3, -0.25) is 14.4 Å². The molecule has 2 aliphatic rings. The smallest absolute Gasteiger partial charge is 0.262 e. The summed E-state index contributed by atoms with van der Waals surface area (Å²) in [5, 5.41) is 7.06. The molecule has 214 valence electrons. The first-order chi connectivity index (χ1) is 18.7. The maximum absolute atomic E-state index is 13.5. The molecule has 2 atom stereocenters. The van der Waals surface area contributed by atoms with E-state index in [0.29, 0.717) is 29.9 Å². The molecule has 1 aliphatic carbocycles. The topological polar surface area (TPSA) is 135 Å². The Bertz CT molecular complexity index is 1170. The van der Waals surface area contributed by atoms with Gasteiger partial charge in [0.2, 0.25) is 5.91 Å². The van der Waals surface area contributed by atoms with Gasteiger partial charge >= 0.3 is 0 Å². The van der Waals surface area contributed by atoms with Crippen molar-refractivity contribution < 1.29 is 27.5 Å². The molecule has 10 nitrogen and oxygen atoms in total. The van der Waals surface area contributed by atoms with E-state index in [4.69, 9.17) is 4.74 Å². The average Bonchev–Trinajstić information content (AvgIpc) is 3.13. The number of carbonyl (C=O) groups is 3. The second-order valence-electron chi connectivity index (χ2n) is 9.82. The summed E-state index contributed by atoms with van der Waals surface area (Å²) in [6.07, 6.45) is 7.79. The van der Waals surface area contributed by atoms with Crippen LogP contribution in [-0.4, -0.2) is 67.6 Å². The van der Waals surface area contributed by atoms with Gasteiger partial charge in [0.05, 0.1) is 19.7 Å². The summed E-state index contributed by atoms with van der Waals surface area (Å²) < 4.78 is 32.4. The van der Waals surface area contributed by atoms with Crippen LogP contribution in [0.1, 0.15) is 58.3 Å². The molecule has 0 bridgehead atoms. The monoisotopic (exact) mass is 578 g/mol. The Morgan fingerprint density at radius 2 is 1.97 bits per heavy atom. The zero-order valence-electron chi connectivity index (χ0n) is 22.6. The number of ketones is 1. The Morgan fingerprint density at radius 1 is 1.23 bits per heavy atom. The SMILES string of the molecule is C=CS/C(C(=O)N[C@@H](CC1CCCCC1)C(=O)NC1CCCN(S(=O)(=O)c2ccccn2)CC1=O)=C(\C)OC. The van der Waals surface area contributed by atoms with Gasteiger partial charge in [-0.25, -0.2) is 13.4 Å². The van der Waals surface area contributed by atoms with Crippen molar-refractivity contribution in [1.29, 1.82) is 0 Å². The zero-order chi connectivity index (χ0) is 28.4. The van der Waals surface area contributed by atoms with Crippen molar-refractivity contribution >= 4 is 39.4 Å². The number of nitrogens with one attached hydrogen (secondary N) is 2. The van der Waals surface area contributed by atoms with Gasteiger partial charge in [-0.1, -0.05) is 56.5 Å². The molecule has 1 saturated heterocycles. The van der Waals surface area contributed by atoms with E-state index in [1.54, 1.807) is 19.1 Å². The van der Waals surface area contributed by atoms with Gasteiger partial charge in [-0.2, -0.15) is 4.31 Å². The van der Waals surface area contributed by atoms with Gasteiger partial charge in [0.25, 0.3) is 15.9 Å². The van der Waals surface area contributed by atoms with Crippen LogP contribution in [0.15, 0.2) is 52.1 Å². The third-order valence-corrected chi connectivity index (χ3v) is 9.77. The highest BCUT2D eigenvalue weighted by Crippen LogP contribution is 2.28. The minimum Gasteiger partial charge on any atom is -0.500 e. The molecular formula is C27H38N4O6S2. The van der Waals surface area contributed by atoms with E-state index in [1.165, 1.54) is 24.8 Å². The number of thioether (sulfide) groups is 1. The molecule has 0 spiro atoms. The molecule has 2 heterocycles. The van der Waals surface area contributed by atoms with Crippen LogP contribution in [0.4, 0.5) is 0 Å². The van der Waals surface area contributed by atoms with E-state index < -0.39 is 39.7 Å². The van der Waals surface area contributed by atoms with Crippen molar-refractivity contribution in [2.75, 3.05) is 20.2 Å². The number of sulfonamides is 1. The highest BCUT2D eigenvalue weighted by molar-refractivity contribution is 8.06. The summed E-state index contributed by atoms with van der Waals surface area (Å²) in [4.78, 5) is 44.0. The predicted molar refractivity (Wildman–Crippen MR) is 150 cm³/mol. The zero-order valence-corrected chi connectivity index (χ0v) is 24.2. The van der Waals surface area contributed by atoms with Crippen molar-refractivity contribution in [1.82, 2.24) is 19.9 Å². The number of aromatic nitrogens is 1. The van der Waals surface area contributed by atoms with Gasteiger partial charge in [0, 0.05) is 12.7 Å². The van der Waals surface area contributed by atoms with Crippen LogP contribution in [0.3, 0.4) is 0 Å². The Kier molecular flexibility index (Phi) is 11.6. The number of Topliss-reactive ketones (excluding diaryl/α,β-unsaturated/α-hetero) is 1. The molecule has 12 heteroatoms. The lowest BCUT2D eigenvalue weighted by atomic mass is 9.84. The number of pyridine rings is 1. The number of amides is 2. The first-order valence-electron chi connectivity index (χ1n) is 13.2. The largest absolute Gasteiger partial charge is 0.500 e. The van der Waals surface area contributed by atoms with Crippen molar-refractivity contribution in [3.63, 3.8) is 0 Å². The molecule has 1 aromatic rings. The van der Waals surface area contributed by atoms with Crippen molar-refractivity contribution in [2.45, 2.75) is 75.4 Å². The molecule has 0 radical (unpaired) electrons. The summed E-state index contributed by atoms with van der Waals surface area (Å²) in [6, 6.07) is 2.87.